The quantitative estimate of drug-likeness (QED) is 0.524. The largest absolute Gasteiger partial charge is 0.350 e. The van der Waals surface area contributed by atoms with Gasteiger partial charge in [-0.1, -0.05) is 0 Å². The molecule has 0 aromatic rings. The zero-order valence-electron chi connectivity index (χ0n) is 15.1. The lowest BCUT2D eigenvalue weighted by Crippen LogP contribution is -3.06. The first-order chi connectivity index (χ1) is 11.4. The Hall–Kier alpha value is -1.30. The molecular weight excluding hydrogens is 304 g/mol. The molecule has 0 aromatic carbocycles. The Morgan fingerprint density at radius 2 is 1.54 bits per heavy atom. The molecule has 3 amide bonds. The molecule has 4 N–H and O–H groups in total. The third-order valence-corrected chi connectivity index (χ3v) is 6.00. The number of carbonyl (C=O) groups is 2. The maximum Gasteiger partial charge on any atom is 0.315 e. The van der Waals surface area contributed by atoms with E-state index in [1.165, 1.54) is 24.2 Å². The highest BCUT2D eigenvalue weighted by Crippen LogP contribution is 2.55. The molecule has 4 fully saturated rings. The van der Waals surface area contributed by atoms with E-state index in [0.717, 1.165) is 43.6 Å². The van der Waals surface area contributed by atoms with E-state index in [2.05, 4.69) is 30.0 Å². The summed E-state index contributed by atoms with van der Waals surface area (Å²) < 4.78 is 0. The molecule has 4 bridgehead atoms. The molecule has 4 aliphatic carbocycles. The van der Waals surface area contributed by atoms with Gasteiger partial charge in [0.15, 0.2) is 0 Å². The topological polar surface area (TPSA) is 74.7 Å². The van der Waals surface area contributed by atoms with Gasteiger partial charge in [0.05, 0.1) is 27.2 Å². The third-order valence-electron chi connectivity index (χ3n) is 6.00. The Morgan fingerprint density at radius 1 is 0.958 bits per heavy atom. The Bertz CT molecular complexity index is 442. The average Bonchev–Trinajstić information content (AvgIpc) is 2.44. The Morgan fingerprint density at radius 3 is 2.08 bits per heavy atom. The number of likely N-dealkylation sites (N-methyl/N-ethyl adjacent to an activating group) is 1. The Balaban J connectivity index is 1.35. The van der Waals surface area contributed by atoms with Crippen molar-refractivity contribution in [2.45, 2.75) is 50.5 Å². The van der Waals surface area contributed by atoms with E-state index in [1.807, 2.05) is 0 Å². The average molecular weight is 337 g/mol. The van der Waals surface area contributed by atoms with Gasteiger partial charge in [0.1, 0.15) is 0 Å². The van der Waals surface area contributed by atoms with Crippen molar-refractivity contribution in [3.05, 3.63) is 0 Å². The van der Waals surface area contributed by atoms with Crippen molar-refractivity contribution >= 4 is 11.9 Å². The van der Waals surface area contributed by atoms with Gasteiger partial charge >= 0.3 is 6.03 Å². The summed E-state index contributed by atoms with van der Waals surface area (Å²) in [5.74, 6) is 2.47. The van der Waals surface area contributed by atoms with Crippen molar-refractivity contribution in [1.29, 1.82) is 0 Å². The number of hydrogen-bond donors (Lipinski definition) is 4. The van der Waals surface area contributed by atoms with Crippen molar-refractivity contribution in [2.24, 2.45) is 17.8 Å². The van der Waals surface area contributed by atoms with Gasteiger partial charge in [0.25, 0.3) is 0 Å². The lowest BCUT2D eigenvalue weighted by atomic mass is 9.53. The molecule has 6 nitrogen and oxygen atoms in total. The van der Waals surface area contributed by atoms with E-state index >= 15 is 0 Å². The molecule has 24 heavy (non-hydrogen) atoms. The first-order valence-corrected chi connectivity index (χ1v) is 9.56. The van der Waals surface area contributed by atoms with Crippen molar-refractivity contribution < 1.29 is 14.5 Å². The van der Waals surface area contributed by atoms with Gasteiger partial charge < -0.3 is 20.9 Å². The molecule has 136 valence electrons. The van der Waals surface area contributed by atoms with E-state index in [0.29, 0.717) is 19.5 Å². The molecule has 0 atom stereocenters. The van der Waals surface area contributed by atoms with Crippen LogP contribution in [0.3, 0.4) is 0 Å². The maximum absolute atomic E-state index is 12.3. The Labute approximate surface area is 145 Å². The maximum atomic E-state index is 12.3. The predicted molar refractivity (Wildman–Crippen MR) is 92.7 cm³/mol. The first-order valence-electron chi connectivity index (χ1n) is 9.56. The monoisotopic (exact) mass is 337 g/mol. The van der Waals surface area contributed by atoms with Crippen LogP contribution in [0.1, 0.15) is 44.9 Å². The van der Waals surface area contributed by atoms with Crippen molar-refractivity contribution in [3.8, 4) is 0 Å². The molecule has 4 saturated carbocycles. The van der Waals surface area contributed by atoms with Gasteiger partial charge in [-0.3, -0.25) is 4.79 Å². The van der Waals surface area contributed by atoms with Crippen molar-refractivity contribution in [1.82, 2.24) is 16.0 Å². The molecule has 0 spiro atoms. The van der Waals surface area contributed by atoms with Crippen LogP contribution in [0, 0.1) is 17.8 Å². The fraction of sp³-hybridized carbons (Fsp3) is 0.889. The summed E-state index contributed by atoms with van der Waals surface area (Å²) in [5.41, 5.74) is 0.0373. The van der Waals surface area contributed by atoms with Crippen LogP contribution in [0.2, 0.25) is 0 Å². The smallest absolute Gasteiger partial charge is 0.315 e. The first kappa shape index (κ1) is 17.5. The minimum absolute atomic E-state index is 0.00588. The highest BCUT2D eigenvalue weighted by Gasteiger charge is 2.51. The summed E-state index contributed by atoms with van der Waals surface area (Å²) in [6.45, 7) is 1.99. The summed E-state index contributed by atoms with van der Waals surface area (Å²) in [6, 6.07) is -0.0949. The van der Waals surface area contributed by atoms with Crippen LogP contribution < -0.4 is 20.9 Å². The zero-order chi connectivity index (χ0) is 17.2. The second-order valence-corrected chi connectivity index (χ2v) is 8.64. The third kappa shape index (κ3) is 4.41. The van der Waals surface area contributed by atoms with Gasteiger partial charge in [0.2, 0.25) is 5.91 Å². The highest BCUT2D eigenvalue weighted by molar-refractivity contribution is 5.78. The molecule has 0 aliphatic heterocycles. The van der Waals surface area contributed by atoms with Crippen LogP contribution in [0.5, 0.6) is 0 Å². The van der Waals surface area contributed by atoms with Gasteiger partial charge in [-0.15, -0.1) is 0 Å². The second-order valence-electron chi connectivity index (χ2n) is 8.64. The van der Waals surface area contributed by atoms with Crippen LogP contribution in [-0.4, -0.2) is 51.2 Å². The molecule has 0 aromatic heterocycles. The van der Waals surface area contributed by atoms with Crippen LogP contribution in [-0.2, 0) is 4.79 Å². The van der Waals surface area contributed by atoms with Crippen LogP contribution in [0.25, 0.3) is 0 Å². The van der Waals surface area contributed by atoms with E-state index in [-0.39, 0.29) is 17.5 Å². The number of nitrogens with one attached hydrogen (secondary N) is 4. The van der Waals surface area contributed by atoms with E-state index in [9.17, 15) is 9.59 Å². The number of amides is 3. The predicted octanol–water partition coefficient (Wildman–Crippen LogP) is -0.0948. The molecule has 4 rings (SSSR count). The molecule has 4 aliphatic rings. The minimum atomic E-state index is -0.0949. The normalized spacial score (nSPS) is 33.5. The Kier molecular flexibility index (Phi) is 5.33. The number of urea groups is 1. The molecular formula is C18H33N4O2+. The highest BCUT2D eigenvalue weighted by atomic mass is 16.2. The van der Waals surface area contributed by atoms with Gasteiger partial charge in [-0.25, -0.2) is 4.79 Å². The molecule has 0 heterocycles. The van der Waals surface area contributed by atoms with Crippen LogP contribution in [0.15, 0.2) is 0 Å². The van der Waals surface area contributed by atoms with E-state index in [4.69, 9.17) is 0 Å². The number of quaternary nitrogens is 1. The summed E-state index contributed by atoms with van der Waals surface area (Å²) in [4.78, 5) is 25.3. The summed E-state index contributed by atoms with van der Waals surface area (Å²) in [7, 11) is 4.12. The molecule has 0 radical (unpaired) electrons. The molecule has 6 heteroatoms. The van der Waals surface area contributed by atoms with Crippen LogP contribution >= 0.6 is 0 Å². The second kappa shape index (κ2) is 7.30. The van der Waals surface area contributed by atoms with Crippen molar-refractivity contribution in [2.75, 3.05) is 33.7 Å². The van der Waals surface area contributed by atoms with Gasteiger partial charge in [0, 0.05) is 18.5 Å². The SMILES string of the molecule is C[NH+](C)CCNC(=O)CCNC(=O)NC12CC3CC(CC(C3)C1)C2. The van der Waals surface area contributed by atoms with E-state index < -0.39 is 0 Å². The van der Waals surface area contributed by atoms with Gasteiger partial charge in [-0.2, -0.15) is 0 Å². The standard InChI is InChI=1S/C18H32N4O2/c1-22(2)6-5-19-16(23)3-4-20-17(24)21-18-10-13-7-14(11-18)9-15(8-13)12-18/h13-15H,3-12H2,1-2H3,(H,19,23)(H2,20,21,24)/p+1. The van der Waals surface area contributed by atoms with E-state index in [1.54, 1.807) is 0 Å². The van der Waals surface area contributed by atoms with Crippen molar-refractivity contribution in [3.63, 3.8) is 0 Å². The molecule has 0 saturated heterocycles. The molecule has 0 unspecified atom stereocenters. The zero-order valence-corrected chi connectivity index (χ0v) is 15.1. The minimum Gasteiger partial charge on any atom is -0.350 e. The number of hydrogen-bond acceptors (Lipinski definition) is 2. The lowest BCUT2D eigenvalue weighted by Gasteiger charge is -2.56. The summed E-state index contributed by atoms with van der Waals surface area (Å²) >= 11 is 0. The fourth-order valence-corrected chi connectivity index (χ4v) is 5.38. The van der Waals surface area contributed by atoms with Gasteiger partial charge in [-0.05, 0) is 56.3 Å². The van der Waals surface area contributed by atoms with Crippen LogP contribution in [0.4, 0.5) is 4.79 Å². The summed E-state index contributed by atoms with van der Waals surface area (Å²) in [6.07, 6.45) is 7.92. The summed E-state index contributed by atoms with van der Waals surface area (Å²) in [5, 5.41) is 9.03. The number of carbonyl (C=O) groups excluding carboxylic acids is 2. The number of rotatable bonds is 7. The fourth-order valence-electron chi connectivity index (χ4n) is 5.38. The lowest BCUT2D eigenvalue weighted by molar-refractivity contribution is -0.856.